The first-order valence-electron chi connectivity index (χ1n) is 12.7. The van der Waals surface area contributed by atoms with Gasteiger partial charge in [0.2, 0.25) is 5.78 Å². The molecule has 192 valence electrons. The molecule has 0 spiro atoms. The Kier molecular flexibility index (Phi) is 6.18. The first-order chi connectivity index (χ1) is 15.5. The van der Waals surface area contributed by atoms with Crippen molar-refractivity contribution >= 4 is 5.78 Å². The predicted octanol–water partition coefficient (Wildman–Crippen LogP) is 2.69. The molecule has 0 aromatic heterocycles. The third-order valence-corrected chi connectivity index (χ3v) is 9.89. The first-order valence-corrected chi connectivity index (χ1v) is 12.7. The lowest BCUT2D eigenvalue weighted by atomic mass is 9.52. The number of rotatable bonds is 5. The number of aliphatic hydroxyl groups is 6. The molecule has 34 heavy (non-hydrogen) atoms. The number of aliphatic hydroxyl groups excluding tert-OH is 4. The molecule has 7 nitrogen and oxygen atoms in total. The monoisotopic (exact) mass is 478 g/mol. The van der Waals surface area contributed by atoms with Crippen LogP contribution in [-0.4, -0.2) is 65.9 Å². The van der Waals surface area contributed by atoms with Gasteiger partial charge in [0.25, 0.3) is 0 Å². The van der Waals surface area contributed by atoms with Gasteiger partial charge in [-0.05, 0) is 88.5 Å². The van der Waals surface area contributed by atoms with Crippen LogP contribution in [0, 0.1) is 22.7 Å². The van der Waals surface area contributed by atoms with E-state index in [2.05, 4.69) is 6.92 Å². The van der Waals surface area contributed by atoms with E-state index in [0.29, 0.717) is 36.8 Å². The first kappa shape index (κ1) is 25.8. The van der Waals surface area contributed by atoms with E-state index in [-0.39, 0.29) is 42.6 Å². The Morgan fingerprint density at radius 2 is 1.71 bits per heavy atom. The molecule has 4 rings (SSSR count). The largest absolute Gasteiger partial charge is 0.504 e. The second kappa shape index (κ2) is 8.13. The summed E-state index contributed by atoms with van der Waals surface area (Å²) in [5.41, 5.74) is -1.32. The summed E-state index contributed by atoms with van der Waals surface area (Å²) in [6.07, 6.45) is 0.705. The molecule has 2 fully saturated rings. The van der Waals surface area contributed by atoms with Crippen LogP contribution in [0.25, 0.3) is 0 Å². The van der Waals surface area contributed by atoms with E-state index in [0.717, 1.165) is 12.0 Å². The van der Waals surface area contributed by atoms with Crippen LogP contribution in [0.15, 0.2) is 22.5 Å². The molecule has 0 aliphatic heterocycles. The summed E-state index contributed by atoms with van der Waals surface area (Å²) in [7, 11) is 0. The smallest absolute Gasteiger partial charge is 0.223 e. The summed E-state index contributed by atoms with van der Waals surface area (Å²) in [6.45, 7) is 9.08. The van der Waals surface area contributed by atoms with E-state index >= 15 is 0 Å². The predicted molar refractivity (Wildman–Crippen MR) is 127 cm³/mol. The molecule has 7 heteroatoms. The number of allylic oxidation sites excluding steroid dienone is 2. The fraction of sp³-hybridized carbons (Fsp3) is 0.815. The minimum absolute atomic E-state index is 0.0820. The summed E-state index contributed by atoms with van der Waals surface area (Å²) in [6, 6.07) is 0. The molecule has 2 saturated carbocycles. The standard InChI is InChI=1S/C27H42O7/c1-24(2,33)10-9-20(30)27(5,34)19-7-6-14-21-15(8-11-25(14,19)3)26(4)13-18(29)17(28)12-16(26)22(31)23(21)32/h14,17-20,28-31,33-34H,6-13H2,1-5H3/t14-,17+,18-,19-,20+,25-,26+,27+/m0/s1. The van der Waals surface area contributed by atoms with Gasteiger partial charge in [-0.3, -0.25) is 4.79 Å². The van der Waals surface area contributed by atoms with Crippen molar-refractivity contribution in [2.75, 3.05) is 0 Å². The Bertz CT molecular complexity index is 926. The van der Waals surface area contributed by atoms with Crippen LogP contribution < -0.4 is 0 Å². The van der Waals surface area contributed by atoms with Crippen LogP contribution in [-0.2, 0) is 4.79 Å². The lowest BCUT2D eigenvalue weighted by Gasteiger charge is -2.53. The Morgan fingerprint density at radius 1 is 1.06 bits per heavy atom. The van der Waals surface area contributed by atoms with E-state index in [1.165, 1.54) is 0 Å². The highest BCUT2D eigenvalue weighted by molar-refractivity contribution is 6.10. The third kappa shape index (κ3) is 3.79. The van der Waals surface area contributed by atoms with Crippen LogP contribution in [0.1, 0.15) is 86.0 Å². The van der Waals surface area contributed by atoms with Crippen LogP contribution in [0.4, 0.5) is 0 Å². The summed E-state index contributed by atoms with van der Waals surface area (Å²) in [5, 5.41) is 64.1. The van der Waals surface area contributed by atoms with Crippen molar-refractivity contribution in [1.82, 2.24) is 0 Å². The Balaban J connectivity index is 1.68. The van der Waals surface area contributed by atoms with Gasteiger partial charge in [0, 0.05) is 17.4 Å². The van der Waals surface area contributed by atoms with E-state index in [1.807, 2.05) is 6.92 Å². The van der Waals surface area contributed by atoms with Gasteiger partial charge in [0.15, 0.2) is 5.76 Å². The summed E-state index contributed by atoms with van der Waals surface area (Å²) >= 11 is 0. The van der Waals surface area contributed by atoms with Crippen LogP contribution in [0.5, 0.6) is 0 Å². The second-order valence-corrected chi connectivity index (χ2v) is 12.7. The average molecular weight is 479 g/mol. The molecule has 4 aliphatic rings. The molecule has 0 unspecified atom stereocenters. The third-order valence-electron chi connectivity index (χ3n) is 9.89. The van der Waals surface area contributed by atoms with Crippen molar-refractivity contribution in [1.29, 1.82) is 0 Å². The maximum absolute atomic E-state index is 13.5. The highest BCUT2D eigenvalue weighted by atomic mass is 16.3. The van der Waals surface area contributed by atoms with Gasteiger partial charge >= 0.3 is 0 Å². The van der Waals surface area contributed by atoms with Gasteiger partial charge < -0.3 is 30.6 Å². The van der Waals surface area contributed by atoms with Crippen molar-refractivity contribution < 1.29 is 35.4 Å². The van der Waals surface area contributed by atoms with Gasteiger partial charge in [0.05, 0.1) is 29.5 Å². The normalized spacial score (nSPS) is 41.1. The SMILES string of the molecule is CC(C)(O)CC[C@@H](O)[C@](C)(O)[C@H]1CC[C@H]2C3=C(CC[C@]12C)[C@@]1(C)C[C@H](O)[C@H](O)CC1=C(O)C3=O. The van der Waals surface area contributed by atoms with E-state index in [1.54, 1.807) is 20.8 Å². The Labute approximate surface area is 202 Å². The van der Waals surface area contributed by atoms with E-state index in [9.17, 15) is 35.4 Å². The Hall–Kier alpha value is -1.25. The highest BCUT2D eigenvalue weighted by Gasteiger charge is 2.61. The quantitative estimate of drug-likeness (QED) is 0.357. The van der Waals surface area contributed by atoms with Gasteiger partial charge in [-0.2, -0.15) is 0 Å². The number of carbonyl (C=O) groups is 1. The molecule has 0 saturated heterocycles. The lowest BCUT2D eigenvalue weighted by Crippen LogP contribution is -2.54. The average Bonchev–Trinajstić information content (AvgIpc) is 3.09. The molecule has 0 radical (unpaired) electrons. The molecule has 0 heterocycles. The number of hydrogen-bond donors (Lipinski definition) is 6. The lowest BCUT2D eigenvalue weighted by molar-refractivity contribution is -0.139. The number of carbonyl (C=O) groups excluding carboxylic acids is 1. The van der Waals surface area contributed by atoms with Crippen molar-refractivity contribution in [3.63, 3.8) is 0 Å². The fourth-order valence-corrected chi connectivity index (χ4v) is 7.82. The molecule has 4 aliphatic carbocycles. The topological polar surface area (TPSA) is 138 Å². The zero-order valence-electron chi connectivity index (χ0n) is 21.1. The van der Waals surface area contributed by atoms with E-state index < -0.39 is 40.3 Å². The fourth-order valence-electron chi connectivity index (χ4n) is 7.82. The van der Waals surface area contributed by atoms with Crippen LogP contribution in [0.3, 0.4) is 0 Å². The molecule has 0 amide bonds. The van der Waals surface area contributed by atoms with Crippen molar-refractivity contribution in [3.8, 4) is 0 Å². The number of hydrogen-bond acceptors (Lipinski definition) is 7. The Morgan fingerprint density at radius 3 is 2.32 bits per heavy atom. The van der Waals surface area contributed by atoms with Gasteiger partial charge in [-0.15, -0.1) is 0 Å². The number of ketones is 1. The summed E-state index contributed by atoms with van der Waals surface area (Å²) < 4.78 is 0. The van der Waals surface area contributed by atoms with Gasteiger partial charge in [-0.1, -0.05) is 19.4 Å². The zero-order valence-corrected chi connectivity index (χ0v) is 21.1. The van der Waals surface area contributed by atoms with Crippen molar-refractivity contribution in [2.45, 2.75) is 115 Å². The highest BCUT2D eigenvalue weighted by Crippen LogP contribution is 2.65. The molecule has 8 atom stereocenters. The molecule has 0 aromatic carbocycles. The number of Topliss-reactive ketones (excluding diaryl/α,β-unsaturated/α-hetero) is 1. The summed E-state index contributed by atoms with van der Waals surface area (Å²) in [4.78, 5) is 13.5. The second-order valence-electron chi connectivity index (χ2n) is 12.7. The zero-order chi connectivity index (χ0) is 25.4. The van der Waals surface area contributed by atoms with E-state index in [4.69, 9.17) is 0 Å². The molecular weight excluding hydrogens is 436 g/mol. The minimum Gasteiger partial charge on any atom is -0.504 e. The molecule has 6 N–H and O–H groups in total. The number of fused-ring (bicyclic) bond motifs is 4. The molecular formula is C27H42O7. The molecule has 0 bridgehead atoms. The van der Waals surface area contributed by atoms with Gasteiger partial charge in [0.1, 0.15) is 0 Å². The minimum atomic E-state index is -1.39. The van der Waals surface area contributed by atoms with Crippen LogP contribution in [0.2, 0.25) is 0 Å². The van der Waals surface area contributed by atoms with Gasteiger partial charge in [-0.25, -0.2) is 0 Å². The van der Waals surface area contributed by atoms with Crippen LogP contribution >= 0.6 is 0 Å². The summed E-state index contributed by atoms with van der Waals surface area (Å²) in [5.74, 6) is -1.09. The maximum Gasteiger partial charge on any atom is 0.223 e. The van der Waals surface area contributed by atoms with Crippen molar-refractivity contribution in [3.05, 3.63) is 22.5 Å². The maximum atomic E-state index is 13.5. The molecule has 0 aromatic rings. The van der Waals surface area contributed by atoms with Crippen molar-refractivity contribution in [2.24, 2.45) is 22.7 Å².